The molecule has 0 aromatic carbocycles. The Morgan fingerprint density at radius 2 is 2.09 bits per heavy atom. The number of pyridine rings is 1. The van der Waals surface area contributed by atoms with Gasteiger partial charge in [-0.05, 0) is 18.6 Å². The number of nitrogens with one attached hydrogen (secondary N) is 1. The van der Waals surface area contributed by atoms with Crippen LogP contribution in [0.25, 0.3) is 10.2 Å². The lowest BCUT2D eigenvalue weighted by molar-refractivity contribution is -0.385. The number of fused-ring (bicyclic) bond motifs is 1. The predicted molar refractivity (Wildman–Crippen MR) is 107 cm³/mol. The third-order valence-corrected chi connectivity index (χ3v) is 5.40. The molecule has 0 aliphatic heterocycles. The van der Waals surface area contributed by atoms with Gasteiger partial charge in [0.05, 0.1) is 24.3 Å². The first-order valence-electron chi connectivity index (χ1n) is 8.79. The zero-order valence-electron chi connectivity index (χ0n) is 16.5. The molecule has 0 aliphatic rings. The molecule has 11 nitrogen and oxygen atoms in total. The molecule has 0 saturated heterocycles. The standard InChI is InChI=1S/C17H15F3N6O5S/c1-7-5-9(17(18,19)20)22-16-11(7)12(13(32-16)14(21)28)23-10(27)3-4-25-6-8(26(29)30)15(24-25)31-2/h5-6H,3-4H2,1-2H3,(H2,21,28)(H,23,27). The summed E-state index contributed by atoms with van der Waals surface area (Å²) in [6, 6.07) is 0.810. The van der Waals surface area contributed by atoms with Crippen molar-refractivity contribution in [1.29, 1.82) is 0 Å². The van der Waals surface area contributed by atoms with Crippen LogP contribution in [0.15, 0.2) is 12.3 Å². The van der Waals surface area contributed by atoms with E-state index in [1.807, 2.05) is 0 Å². The van der Waals surface area contributed by atoms with Crippen molar-refractivity contribution in [3.05, 3.63) is 38.5 Å². The molecule has 2 amide bonds. The van der Waals surface area contributed by atoms with Crippen LogP contribution in [0.2, 0.25) is 0 Å². The number of aryl methyl sites for hydroxylation is 2. The van der Waals surface area contributed by atoms with Crippen molar-refractivity contribution < 1.29 is 32.4 Å². The number of alkyl halides is 3. The fourth-order valence-electron chi connectivity index (χ4n) is 2.92. The van der Waals surface area contributed by atoms with E-state index in [2.05, 4.69) is 15.4 Å². The lowest BCUT2D eigenvalue weighted by atomic mass is 10.1. The molecule has 3 N–H and O–H groups in total. The van der Waals surface area contributed by atoms with Crippen LogP contribution in [0.3, 0.4) is 0 Å². The van der Waals surface area contributed by atoms with Gasteiger partial charge in [0, 0.05) is 11.8 Å². The van der Waals surface area contributed by atoms with E-state index in [1.165, 1.54) is 14.0 Å². The van der Waals surface area contributed by atoms with E-state index in [9.17, 15) is 32.9 Å². The molecule has 0 atom stereocenters. The highest BCUT2D eigenvalue weighted by molar-refractivity contribution is 7.21. The van der Waals surface area contributed by atoms with Crippen molar-refractivity contribution in [3.8, 4) is 5.88 Å². The molecule has 3 rings (SSSR count). The number of aromatic nitrogens is 3. The molecule has 3 aromatic rings. The van der Waals surface area contributed by atoms with E-state index in [0.29, 0.717) is 11.3 Å². The molecular weight excluding hydrogens is 457 g/mol. The highest BCUT2D eigenvalue weighted by atomic mass is 32.1. The van der Waals surface area contributed by atoms with E-state index >= 15 is 0 Å². The zero-order valence-corrected chi connectivity index (χ0v) is 17.3. The number of nitrogens with two attached hydrogens (primary N) is 1. The van der Waals surface area contributed by atoms with Gasteiger partial charge in [0.2, 0.25) is 5.91 Å². The fraction of sp³-hybridized carbons (Fsp3) is 0.294. The molecule has 0 bridgehead atoms. The van der Waals surface area contributed by atoms with E-state index in [1.54, 1.807) is 0 Å². The van der Waals surface area contributed by atoms with Gasteiger partial charge in [-0.3, -0.25) is 24.4 Å². The molecule has 0 unspecified atom stereocenters. The maximum absolute atomic E-state index is 13.1. The number of nitro groups is 1. The van der Waals surface area contributed by atoms with Gasteiger partial charge < -0.3 is 15.8 Å². The average Bonchev–Trinajstić information content (AvgIpc) is 3.27. The average molecular weight is 472 g/mol. The Morgan fingerprint density at radius 1 is 1.41 bits per heavy atom. The Labute approximate surface area is 181 Å². The molecule has 0 saturated carbocycles. The summed E-state index contributed by atoms with van der Waals surface area (Å²) in [7, 11) is 1.21. The Hall–Kier alpha value is -3.75. The molecule has 0 fully saturated rings. The van der Waals surface area contributed by atoms with Gasteiger partial charge in [-0.25, -0.2) is 4.98 Å². The summed E-state index contributed by atoms with van der Waals surface area (Å²) in [5.74, 6) is -1.79. The van der Waals surface area contributed by atoms with Crippen LogP contribution in [-0.2, 0) is 17.5 Å². The first-order valence-corrected chi connectivity index (χ1v) is 9.60. The number of ether oxygens (including phenoxy) is 1. The molecule has 32 heavy (non-hydrogen) atoms. The Balaban J connectivity index is 1.87. The molecule has 3 aromatic heterocycles. The van der Waals surface area contributed by atoms with Gasteiger partial charge in [0.1, 0.15) is 21.6 Å². The van der Waals surface area contributed by atoms with Crippen LogP contribution in [-0.4, -0.2) is 38.6 Å². The van der Waals surface area contributed by atoms with Crippen LogP contribution in [0.4, 0.5) is 24.5 Å². The van der Waals surface area contributed by atoms with E-state index < -0.39 is 28.6 Å². The number of methoxy groups -OCH3 is 1. The normalized spacial score (nSPS) is 11.5. The summed E-state index contributed by atoms with van der Waals surface area (Å²) < 4.78 is 45.1. The summed E-state index contributed by atoms with van der Waals surface area (Å²) in [6.07, 6.45) is -3.81. The third kappa shape index (κ3) is 4.46. The number of carbonyl (C=O) groups excluding carboxylic acids is 2. The first kappa shape index (κ1) is 22.9. The van der Waals surface area contributed by atoms with Crippen molar-refractivity contribution in [2.45, 2.75) is 26.1 Å². The van der Waals surface area contributed by atoms with Crippen molar-refractivity contribution in [2.75, 3.05) is 12.4 Å². The second-order valence-electron chi connectivity index (χ2n) is 6.51. The number of carbonyl (C=O) groups is 2. The molecule has 0 radical (unpaired) electrons. The second kappa shape index (κ2) is 8.41. The molecule has 0 spiro atoms. The number of amides is 2. The minimum atomic E-state index is -4.69. The highest BCUT2D eigenvalue weighted by Gasteiger charge is 2.34. The van der Waals surface area contributed by atoms with Gasteiger partial charge >= 0.3 is 17.7 Å². The second-order valence-corrected chi connectivity index (χ2v) is 7.51. The highest BCUT2D eigenvalue weighted by Crippen LogP contribution is 2.39. The number of primary amides is 1. The minimum absolute atomic E-state index is 0.0368. The summed E-state index contributed by atoms with van der Waals surface area (Å²) in [5, 5.41) is 17.5. The van der Waals surface area contributed by atoms with E-state index in [0.717, 1.165) is 16.9 Å². The monoisotopic (exact) mass is 472 g/mol. The van der Waals surface area contributed by atoms with Crippen molar-refractivity contribution in [3.63, 3.8) is 0 Å². The van der Waals surface area contributed by atoms with Crippen LogP contribution in [0, 0.1) is 17.0 Å². The van der Waals surface area contributed by atoms with Gasteiger partial charge in [-0.2, -0.15) is 13.2 Å². The Kier molecular flexibility index (Phi) is 6.03. The minimum Gasteiger partial charge on any atom is -0.475 e. The maximum Gasteiger partial charge on any atom is 0.433 e. The topological polar surface area (TPSA) is 155 Å². The molecular formula is C17H15F3N6O5S. The van der Waals surface area contributed by atoms with Crippen LogP contribution >= 0.6 is 11.3 Å². The summed E-state index contributed by atoms with van der Waals surface area (Å²) in [4.78, 5) is 37.9. The smallest absolute Gasteiger partial charge is 0.433 e. The van der Waals surface area contributed by atoms with Crippen LogP contribution < -0.4 is 15.8 Å². The number of rotatable bonds is 7. The number of hydrogen-bond acceptors (Lipinski definition) is 8. The number of halogens is 3. The van der Waals surface area contributed by atoms with Gasteiger partial charge in [0.25, 0.3) is 5.91 Å². The summed E-state index contributed by atoms with van der Waals surface area (Å²) in [6.45, 7) is 1.32. The third-order valence-electron chi connectivity index (χ3n) is 4.31. The molecule has 3 heterocycles. The largest absolute Gasteiger partial charge is 0.475 e. The first-order chi connectivity index (χ1) is 14.9. The van der Waals surface area contributed by atoms with Crippen molar-refractivity contribution in [2.24, 2.45) is 5.73 Å². The zero-order chi connectivity index (χ0) is 23.8. The SMILES string of the molecule is COc1nn(CCC(=O)Nc2c(C(N)=O)sc3nc(C(F)(F)F)cc(C)c23)cc1[N+](=O)[O-]. The maximum atomic E-state index is 13.1. The quantitative estimate of drug-likeness (QED) is 0.396. The molecule has 170 valence electrons. The lowest BCUT2D eigenvalue weighted by Gasteiger charge is -2.10. The van der Waals surface area contributed by atoms with E-state index in [-0.39, 0.29) is 50.9 Å². The van der Waals surface area contributed by atoms with Crippen molar-refractivity contribution >= 4 is 44.7 Å². The number of hydrogen-bond donors (Lipinski definition) is 2. The van der Waals surface area contributed by atoms with Crippen LogP contribution in [0.1, 0.15) is 27.3 Å². The summed E-state index contributed by atoms with van der Waals surface area (Å²) in [5.41, 5.74) is 3.93. The number of thiophene rings is 1. The van der Waals surface area contributed by atoms with Gasteiger partial charge in [0.15, 0.2) is 0 Å². The fourth-order valence-corrected chi connectivity index (χ4v) is 3.98. The van der Waals surface area contributed by atoms with E-state index in [4.69, 9.17) is 10.5 Å². The Bertz CT molecular complexity index is 1240. The van der Waals surface area contributed by atoms with Crippen molar-refractivity contribution in [1.82, 2.24) is 14.8 Å². The van der Waals surface area contributed by atoms with Crippen LogP contribution in [0.5, 0.6) is 5.88 Å². The number of anilines is 1. The molecule has 15 heteroatoms. The van der Waals surface area contributed by atoms with Gasteiger partial charge in [-0.15, -0.1) is 16.4 Å². The predicted octanol–water partition coefficient (Wildman–Crippen LogP) is 2.86. The van der Waals surface area contributed by atoms with Gasteiger partial charge in [-0.1, -0.05) is 0 Å². The molecule has 0 aliphatic carbocycles. The number of nitrogens with zero attached hydrogens (tertiary/aromatic N) is 4. The lowest BCUT2D eigenvalue weighted by Crippen LogP contribution is -2.18. The Morgan fingerprint density at radius 3 is 2.62 bits per heavy atom. The summed E-state index contributed by atoms with van der Waals surface area (Å²) >= 11 is 0.635.